The molecular formula is C25H25F6N3O4S. The van der Waals surface area contributed by atoms with Crippen LogP contribution in [-0.4, -0.2) is 74.2 Å². The van der Waals surface area contributed by atoms with E-state index >= 15 is 0 Å². The predicted octanol–water partition coefficient (Wildman–Crippen LogP) is 4.55. The van der Waals surface area contributed by atoms with E-state index in [1.165, 1.54) is 4.90 Å². The Morgan fingerprint density at radius 3 is 2.28 bits per heavy atom. The summed E-state index contributed by atoms with van der Waals surface area (Å²) in [6.45, 7) is 0.469. The van der Waals surface area contributed by atoms with Crippen LogP contribution in [0.5, 0.6) is 0 Å². The van der Waals surface area contributed by atoms with Crippen molar-refractivity contribution in [3.8, 4) is 0 Å². The number of halogens is 6. The molecule has 0 saturated carbocycles. The molecule has 0 unspecified atom stereocenters. The Kier molecular flexibility index (Phi) is 8.01. The monoisotopic (exact) mass is 577 g/mol. The fourth-order valence-corrected chi connectivity index (χ4v) is 5.06. The van der Waals surface area contributed by atoms with Crippen LogP contribution >= 0.6 is 0 Å². The van der Waals surface area contributed by atoms with Crippen LogP contribution in [0.25, 0.3) is 10.9 Å². The molecule has 212 valence electrons. The minimum Gasteiger partial charge on any atom is -0.361 e. The number of hydrogen-bond donors (Lipinski definition) is 1. The molecule has 1 amide bonds. The standard InChI is InChI=1S/C25H25F6N3O4S/c1-39(36,37)38-9-8-33-6-7-34(20(15-33)12-17-14-32-22-5-3-2-4-21(17)22)23(35)16-10-18(24(26,27)28)13-19(11-16)25(29,30)31/h2-5,10-11,13-14,20,32H,6-9,12,15H2,1H3/t20-/m1/s1. The number of para-hydroxylation sites is 1. The Morgan fingerprint density at radius 2 is 1.67 bits per heavy atom. The number of fused-ring (bicyclic) bond motifs is 1. The summed E-state index contributed by atoms with van der Waals surface area (Å²) in [6, 6.07) is 7.58. The molecule has 0 radical (unpaired) electrons. The van der Waals surface area contributed by atoms with E-state index in [0.29, 0.717) is 12.1 Å². The SMILES string of the molecule is CS(=O)(=O)OCCN1CCN(C(=O)c2cc(C(F)(F)F)cc(C(F)(F)F)c2)[C@H](Cc2c[nH]c3ccccc23)C1. The second-order valence-electron chi connectivity index (χ2n) is 9.34. The van der Waals surface area contributed by atoms with Gasteiger partial charge < -0.3 is 9.88 Å². The highest BCUT2D eigenvalue weighted by Gasteiger charge is 2.39. The Bertz CT molecular complexity index is 1420. The van der Waals surface area contributed by atoms with Gasteiger partial charge in [0.1, 0.15) is 0 Å². The molecule has 0 aliphatic carbocycles. The van der Waals surface area contributed by atoms with Crippen molar-refractivity contribution in [2.45, 2.75) is 24.8 Å². The third kappa shape index (κ3) is 7.11. The molecule has 1 atom stereocenters. The molecule has 1 N–H and O–H groups in total. The zero-order valence-corrected chi connectivity index (χ0v) is 21.5. The van der Waals surface area contributed by atoms with E-state index in [9.17, 15) is 39.6 Å². The molecule has 2 heterocycles. The summed E-state index contributed by atoms with van der Waals surface area (Å²) < 4.78 is 108. The number of rotatable bonds is 7. The molecule has 14 heteroatoms. The van der Waals surface area contributed by atoms with Crippen molar-refractivity contribution in [2.24, 2.45) is 0 Å². The highest BCUT2D eigenvalue weighted by molar-refractivity contribution is 7.85. The zero-order valence-electron chi connectivity index (χ0n) is 20.6. The quantitative estimate of drug-likeness (QED) is 0.329. The number of nitrogens with zero attached hydrogens (tertiary/aromatic N) is 2. The van der Waals surface area contributed by atoms with Gasteiger partial charge in [0.05, 0.1) is 24.0 Å². The van der Waals surface area contributed by atoms with Crippen LogP contribution < -0.4 is 0 Å². The van der Waals surface area contributed by atoms with E-state index in [-0.39, 0.29) is 45.3 Å². The summed E-state index contributed by atoms with van der Waals surface area (Å²) in [5.41, 5.74) is -2.21. The number of hydrogen-bond acceptors (Lipinski definition) is 5. The molecule has 7 nitrogen and oxygen atoms in total. The summed E-state index contributed by atoms with van der Waals surface area (Å²) in [6.07, 6.45) is -7.26. The highest BCUT2D eigenvalue weighted by Crippen LogP contribution is 2.37. The maximum atomic E-state index is 13.5. The lowest BCUT2D eigenvalue weighted by molar-refractivity contribution is -0.143. The maximum Gasteiger partial charge on any atom is 0.416 e. The normalized spacial score (nSPS) is 17.6. The maximum absolute atomic E-state index is 13.5. The summed E-state index contributed by atoms with van der Waals surface area (Å²) in [4.78, 5) is 19.7. The number of carbonyl (C=O) groups excluding carboxylic acids is 1. The molecule has 4 rings (SSSR count). The van der Waals surface area contributed by atoms with Crippen LogP contribution in [0.1, 0.15) is 27.0 Å². The molecule has 1 aliphatic heterocycles. The first kappa shape index (κ1) is 28.9. The fourth-order valence-electron chi connectivity index (χ4n) is 4.68. The van der Waals surface area contributed by atoms with Crippen LogP contribution in [0.2, 0.25) is 0 Å². The van der Waals surface area contributed by atoms with Gasteiger partial charge >= 0.3 is 12.4 Å². The van der Waals surface area contributed by atoms with Crippen molar-refractivity contribution in [1.29, 1.82) is 0 Å². The number of nitrogens with one attached hydrogen (secondary N) is 1. The first-order valence-corrected chi connectivity index (χ1v) is 13.7. The molecule has 0 spiro atoms. The average molecular weight is 578 g/mol. The Balaban J connectivity index is 1.66. The first-order chi connectivity index (χ1) is 18.1. The van der Waals surface area contributed by atoms with Crippen molar-refractivity contribution in [1.82, 2.24) is 14.8 Å². The number of H-pyrrole nitrogens is 1. The van der Waals surface area contributed by atoms with Gasteiger partial charge in [-0.1, -0.05) is 18.2 Å². The van der Waals surface area contributed by atoms with Crippen LogP contribution in [-0.2, 0) is 33.1 Å². The second-order valence-corrected chi connectivity index (χ2v) is 11.0. The van der Waals surface area contributed by atoms with Gasteiger partial charge in [-0.05, 0) is 36.2 Å². The molecule has 1 saturated heterocycles. The van der Waals surface area contributed by atoms with Gasteiger partial charge in [0.15, 0.2) is 0 Å². The van der Waals surface area contributed by atoms with Gasteiger partial charge in [0.25, 0.3) is 16.0 Å². The first-order valence-electron chi connectivity index (χ1n) is 11.8. The number of alkyl halides is 6. The van der Waals surface area contributed by atoms with E-state index in [2.05, 4.69) is 4.98 Å². The minimum atomic E-state index is -5.09. The molecule has 0 bridgehead atoms. The molecule has 2 aromatic carbocycles. The summed E-state index contributed by atoms with van der Waals surface area (Å²) in [7, 11) is -3.68. The summed E-state index contributed by atoms with van der Waals surface area (Å²) >= 11 is 0. The fraction of sp³-hybridized carbons (Fsp3) is 0.400. The molecule has 1 fully saturated rings. The van der Waals surface area contributed by atoms with Crippen molar-refractivity contribution in [3.05, 3.63) is 70.9 Å². The van der Waals surface area contributed by atoms with Crippen molar-refractivity contribution >= 4 is 26.9 Å². The smallest absolute Gasteiger partial charge is 0.361 e. The minimum absolute atomic E-state index is 0.00231. The number of aromatic amines is 1. The van der Waals surface area contributed by atoms with E-state index in [0.717, 1.165) is 22.7 Å². The number of piperazine rings is 1. The van der Waals surface area contributed by atoms with E-state index in [1.807, 2.05) is 29.2 Å². The van der Waals surface area contributed by atoms with E-state index in [1.54, 1.807) is 6.20 Å². The Labute approximate surface area is 220 Å². The molecule has 1 aliphatic rings. The second kappa shape index (κ2) is 10.8. The third-order valence-electron chi connectivity index (χ3n) is 6.50. The van der Waals surface area contributed by atoms with Gasteiger partial charge in [0, 0.05) is 54.9 Å². The lowest BCUT2D eigenvalue weighted by Gasteiger charge is -2.41. The third-order valence-corrected chi connectivity index (χ3v) is 7.09. The van der Waals surface area contributed by atoms with E-state index < -0.39 is 51.1 Å². The highest BCUT2D eigenvalue weighted by atomic mass is 32.2. The summed E-state index contributed by atoms with van der Waals surface area (Å²) in [5, 5.41) is 0.862. The van der Waals surface area contributed by atoms with Gasteiger partial charge in [-0.25, -0.2) is 0 Å². The number of amides is 1. The Hall–Kier alpha value is -3.10. The van der Waals surface area contributed by atoms with Crippen molar-refractivity contribution in [3.63, 3.8) is 0 Å². The van der Waals surface area contributed by atoms with Crippen LogP contribution in [0, 0.1) is 0 Å². The largest absolute Gasteiger partial charge is 0.416 e. The molecular weight excluding hydrogens is 552 g/mol. The average Bonchev–Trinajstić information content (AvgIpc) is 3.24. The van der Waals surface area contributed by atoms with Gasteiger partial charge in [-0.15, -0.1) is 0 Å². The van der Waals surface area contributed by atoms with Crippen LogP contribution in [0.15, 0.2) is 48.7 Å². The lowest BCUT2D eigenvalue weighted by atomic mass is 9.98. The van der Waals surface area contributed by atoms with Crippen LogP contribution in [0.4, 0.5) is 26.3 Å². The van der Waals surface area contributed by atoms with Gasteiger partial charge in [0.2, 0.25) is 0 Å². The van der Waals surface area contributed by atoms with Crippen molar-refractivity contribution < 1.29 is 43.7 Å². The van der Waals surface area contributed by atoms with E-state index in [4.69, 9.17) is 4.18 Å². The van der Waals surface area contributed by atoms with Crippen LogP contribution in [0.3, 0.4) is 0 Å². The number of aromatic nitrogens is 1. The van der Waals surface area contributed by atoms with Gasteiger partial charge in [-0.3, -0.25) is 13.9 Å². The topological polar surface area (TPSA) is 82.7 Å². The van der Waals surface area contributed by atoms with Crippen molar-refractivity contribution in [2.75, 3.05) is 39.0 Å². The molecule has 3 aromatic rings. The number of benzene rings is 2. The molecule has 39 heavy (non-hydrogen) atoms. The lowest BCUT2D eigenvalue weighted by Crippen LogP contribution is -2.56. The molecule has 1 aromatic heterocycles. The summed E-state index contributed by atoms with van der Waals surface area (Å²) in [5.74, 6) is -0.955. The Morgan fingerprint density at radius 1 is 1.03 bits per heavy atom. The zero-order chi connectivity index (χ0) is 28.6. The predicted molar refractivity (Wildman–Crippen MR) is 131 cm³/mol. The van der Waals surface area contributed by atoms with Gasteiger partial charge in [-0.2, -0.15) is 34.8 Å². The number of carbonyl (C=O) groups is 1.